The third-order valence-corrected chi connectivity index (χ3v) is 3.17. The third kappa shape index (κ3) is 4.39. The van der Waals surface area contributed by atoms with E-state index in [1.807, 2.05) is 30.3 Å². The quantitative estimate of drug-likeness (QED) is 0.866. The van der Waals surface area contributed by atoms with Crippen LogP contribution in [0.5, 0.6) is 0 Å². The Kier molecular flexibility index (Phi) is 5.05. The molecule has 0 aliphatic rings. The highest BCUT2D eigenvalue weighted by molar-refractivity contribution is 5.91. The number of amides is 1. The first-order valence-corrected chi connectivity index (χ1v) is 6.94. The third-order valence-electron chi connectivity index (χ3n) is 3.17. The molecule has 0 fully saturated rings. The van der Waals surface area contributed by atoms with Gasteiger partial charge in [0.15, 0.2) is 5.69 Å². The van der Waals surface area contributed by atoms with E-state index in [0.29, 0.717) is 25.2 Å². The summed E-state index contributed by atoms with van der Waals surface area (Å²) in [5.41, 5.74) is 1.42. The summed E-state index contributed by atoms with van der Waals surface area (Å²) in [5.74, 6) is -0.185. The summed E-state index contributed by atoms with van der Waals surface area (Å²) in [6.07, 6.45) is 1.77. The van der Waals surface area contributed by atoms with Gasteiger partial charge in [-0.2, -0.15) is 0 Å². The lowest BCUT2D eigenvalue weighted by molar-refractivity contribution is 0.0763. The smallest absolute Gasteiger partial charge is 0.275 e. The first-order valence-electron chi connectivity index (χ1n) is 6.94. The predicted octanol–water partition coefficient (Wildman–Crippen LogP) is 1.17. The van der Waals surface area contributed by atoms with Crippen LogP contribution in [0.1, 0.15) is 29.4 Å². The predicted molar refractivity (Wildman–Crippen MR) is 78.8 cm³/mol. The number of hydrogen-bond donors (Lipinski definition) is 1. The SMILES string of the molecule is CC(O)CCN(C)C(=O)c1cn(Cc2ccccc2)nn1. The van der Waals surface area contributed by atoms with Gasteiger partial charge in [-0.3, -0.25) is 4.79 Å². The van der Waals surface area contributed by atoms with Gasteiger partial charge in [0.1, 0.15) is 0 Å². The number of aliphatic hydroxyl groups excluding tert-OH is 1. The minimum absolute atomic E-state index is 0.185. The first-order chi connectivity index (χ1) is 10.1. The van der Waals surface area contributed by atoms with Crippen LogP contribution < -0.4 is 0 Å². The van der Waals surface area contributed by atoms with Gasteiger partial charge in [0, 0.05) is 13.6 Å². The zero-order valence-corrected chi connectivity index (χ0v) is 12.3. The van der Waals surface area contributed by atoms with Gasteiger partial charge in [0.2, 0.25) is 0 Å². The Morgan fingerprint density at radius 1 is 1.38 bits per heavy atom. The number of aliphatic hydroxyl groups is 1. The first kappa shape index (κ1) is 15.2. The van der Waals surface area contributed by atoms with Crippen molar-refractivity contribution in [3.05, 3.63) is 47.8 Å². The molecule has 1 amide bonds. The van der Waals surface area contributed by atoms with E-state index in [1.165, 1.54) is 0 Å². The lowest BCUT2D eigenvalue weighted by atomic mass is 10.2. The van der Waals surface area contributed by atoms with E-state index >= 15 is 0 Å². The second-order valence-electron chi connectivity index (χ2n) is 5.15. The monoisotopic (exact) mass is 288 g/mol. The molecule has 2 rings (SSSR count). The highest BCUT2D eigenvalue weighted by atomic mass is 16.3. The van der Waals surface area contributed by atoms with E-state index in [4.69, 9.17) is 0 Å². The van der Waals surface area contributed by atoms with Crippen LogP contribution in [0.25, 0.3) is 0 Å². The van der Waals surface area contributed by atoms with Gasteiger partial charge >= 0.3 is 0 Å². The molecule has 0 aliphatic carbocycles. The van der Waals surface area contributed by atoms with E-state index < -0.39 is 6.10 Å². The molecule has 0 aliphatic heterocycles. The van der Waals surface area contributed by atoms with E-state index in [0.717, 1.165) is 5.56 Å². The molecular weight excluding hydrogens is 268 g/mol. The summed E-state index contributed by atoms with van der Waals surface area (Å²) in [7, 11) is 1.70. The average molecular weight is 288 g/mol. The highest BCUT2D eigenvalue weighted by Crippen LogP contribution is 2.04. The van der Waals surface area contributed by atoms with E-state index in [2.05, 4.69) is 10.3 Å². The van der Waals surface area contributed by atoms with Crippen LogP contribution in [0.15, 0.2) is 36.5 Å². The molecule has 0 saturated heterocycles. The van der Waals surface area contributed by atoms with Gasteiger partial charge in [0.05, 0.1) is 18.8 Å². The van der Waals surface area contributed by atoms with Gasteiger partial charge in [-0.1, -0.05) is 35.5 Å². The zero-order valence-electron chi connectivity index (χ0n) is 12.3. The Hall–Kier alpha value is -2.21. The number of carbonyl (C=O) groups is 1. The number of rotatable bonds is 6. The van der Waals surface area contributed by atoms with E-state index in [-0.39, 0.29) is 5.91 Å². The topological polar surface area (TPSA) is 71.2 Å². The molecular formula is C15H20N4O2. The van der Waals surface area contributed by atoms with Crippen molar-refractivity contribution in [1.29, 1.82) is 0 Å². The summed E-state index contributed by atoms with van der Waals surface area (Å²) >= 11 is 0. The summed E-state index contributed by atoms with van der Waals surface area (Å²) in [5, 5.41) is 17.2. The van der Waals surface area contributed by atoms with Crippen LogP contribution in [0, 0.1) is 0 Å². The van der Waals surface area contributed by atoms with Crippen molar-refractivity contribution in [2.45, 2.75) is 26.0 Å². The maximum atomic E-state index is 12.2. The maximum Gasteiger partial charge on any atom is 0.275 e. The van der Waals surface area contributed by atoms with Crippen LogP contribution in [-0.4, -0.2) is 50.6 Å². The van der Waals surface area contributed by atoms with Crippen molar-refractivity contribution in [2.24, 2.45) is 0 Å². The fourth-order valence-electron chi connectivity index (χ4n) is 1.92. The lowest BCUT2D eigenvalue weighted by Crippen LogP contribution is -2.29. The van der Waals surface area contributed by atoms with Crippen molar-refractivity contribution in [1.82, 2.24) is 19.9 Å². The molecule has 0 radical (unpaired) electrons. The number of nitrogens with zero attached hydrogens (tertiary/aromatic N) is 4. The Bertz CT molecular complexity index is 580. The fraction of sp³-hybridized carbons (Fsp3) is 0.400. The molecule has 6 heteroatoms. The van der Waals surface area contributed by atoms with Crippen molar-refractivity contribution < 1.29 is 9.90 Å². The largest absolute Gasteiger partial charge is 0.393 e. The molecule has 0 spiro atoms. The minimum atomic E-state index is -0.422. The van der Waals surface area contributed by atoms with Gasteiger partial charge < -0.3 is 10.0 Å². The molecule has 2 aromatic rings. The van der Waals surface area contributed by atoms with Gasteiger partial charge in [-0.25, -0.2) is 4.68 Å². The number of benzene rings is 1. The summed E-state index contributed by atoms with van der Waals surface area (Å²) in [4.78, 5) is 13.7. The van der Waals surface area contributed by atoms with Crippen LogP contribution in [0.4, 0.5) is 0 Å². The normalized spacial score (nSPS) is 12.1. The number of carbonyl (C=O) groups excluding carboxylic acids is 1. The highest BCUT2D eigenvalue weighted by Gasteiger charge is 2.16. The summed E-state index contributed by atoms with van der Waals surface area (Å²) < 4.78 is 1.64. The molecule has 1 aromatic carbocycles. The fourth-order valence-corrected chi connectivity index (χ4v) is 1.92. The number of aromatic nitrogens is 3. The molecule has 1 aromatic heterocycles. The van der Waals surface area contributed by atoms with E-state index in [1.54, 1.807) is 29.7 Å². The Morgan fingerprint density at radius 3 is 2.76 bits per heavy atom. The minimum Gasteiger partial charge on any atom is -0.393 e. The zero-order chi connectivity index (χ0) is 15.2. The molecule has 0 bridgehead atoms. The Balaban J connectivity index is 1.97. The van der Waals surface area contributed by atoms with Crippen LogP contribution in [-0.2, 0) is 6.54 Å². The van der Waals surface area contributed by atoms with Crippen LogP contribution in [0.3, 0.4) is 0 Å². The lowest BCUT2D eigenvalue weighted by Gasteiger charge is -2.16. The Morgan fingerprint density at radius 2 is 2.10 bits per heavy atom. The van der Waals surface area contributed by atoms with Crippen molar-refractivity contribution in [3.63, 3.8) is 0 Å². The summed E-state index contributed by atoms with van der Waals surface area (Å²) in [6, 6.07) is 9.87. The molecule has 1 atom stereocenters. The Labute approximate surface area is 124 Å². The van der Waals surface area contributed by atoms with Gasteiger partial charge in [-0.05, 0) is 18.9 Å². The molecule has 21 heavy (non-hydrogen) atoms. The van der Waals surface area contributed by atoms with Crippen LogP contribution >= 0.6 is 0 Å². The average Bonchev–Trinajstić information content (AvgIpc) is 2.93. The van der Waals surface area contributed by atoms with Crippen molar-refractivity contribution in [2.75, 3.05) is 13.6 Å². The van der Waals surface area contributed by atoms with Crippen LogP contribution in [0.2, 0.25) is 0 Å². The number of hydrogen-bond acceptors (Lipinski definition) is 4. The molecule has 1 N–H and O–H groups in total. The van der Waals surface area contributed by atoms with Gasteiger partial charge in [0.25, 0.3) is 5.91 Å². The molecule has 1 unspecified atom stereocenters. The molecule has 112 valence electrons. The molecule has 6 nitrogen and oxygen atoms in total. The molecule has 1 heterocycles. The second-order valence-corrected chi connectivity index (χ2v) is 5.15. The van der Waals surface area contributed by atoms with Gasteiger partial charge in [-0.15, -0.1) is 5.10 Å². The maximum absolute atomic E-state index is 12.2. The standard InChI is InChI=1S/C15H20N4O2/c1-12(20)8-9-18(2)15(21)14-11-19(17-16-14)10-13-6-4-3-5-7-13/h3-7,11-12,20H,8-10H2,1-2H3. The molecule has 0 saturated carbocycles. The second kappa shape index (κ2) is 6.99. The summed E-state index contributed by atoms with van der Waals surface area (Å²) in [6.45, 7) is 2.77. The van der Waals surface area contributed by atoms with E-state index in [9.17, 15) is 9.90 Å². The van der Waals surface area contributed by atoms with Crippen molar-refractivity contribution >= 4 is 5.91 Å². The van der Waals surface area contributed by atoms with Crippen molar-refractivity contribution in [3.8, 4) is 0 Å².